The highest BCUT2D eigenvalue weighted by Gasteiger charge is 2.28. The van der Waals surface area contributed by atoms with Crippen molar-refractivity contribution in [3.05, 3.63) is 12.2 Å². The Morgan fingerprint density at radius 1 is 1.50 bits per heavy atom. The summed E-state index contributed by atoms with van der Waals surface area (Å²) in [6.45, 7) is 5.93. The number of rotatable bonds is 2. The normalized spacial score (nSPS) is 36.4. The van der Waals surface area contributed by atoms with Crippen LogP contribution in [0.15, 0.2) is 12.2 Å². The fraction of sp³-hybridized carbons (Fsp3) is 0.800. The smallest absolute Gasteiger partial charge is 0.0642 e. The molecule has 1 rings (SSSR count). The van der Waals surface area contributed by atoms with Gasteiger partial charge < -0.3 is 10.2 Å². The molecule has 1 fully saturated rings. The van der Waals surface area contributed by atoms with Gasteiger partial charge in [-0.15, -0.1) is 0 Å². The van der Waals surface area contributed by atoms with Crippen molar-refractivity contribution in [2.24, 2.45) is 11.8 Å². The first-order valence-electron chi connectivity index (χ1n) is 4.61. The summed E-state index contributed by atoms with van der Waals surface area (Å²) in [7, 11) is 0. The molecule has 2 heteroatoms. The standard InChI is InChI=1S/C10H18O2/c1-7-3-4-9(8(2)6-11)10(12)5-7/h7,9-12H,2-6H2,1H3/t7-,9+,10+/m1/s1. The van der Waals surface area contributed by atoms with Gasteiger partial charge >= 0.3 is 0 Å². The van der Waals surface area contributed by atoms with Gasteiger partial charge in [0.15, 0.2) is 0 Å². The van der Waals surface area contributed by atoms with Crippen LogP contribution in [-0.2, 0) is 0 Å². The van der Waals surface area contributed by atoms with E-state index in [1.807, 2.05) is 0 Å². The predicted octanol–water partition coefficient (Wildman–Crippen LogP) is 1.33. The van der Waals surface area contributed by atoms with Crippen LogP contribution >= 0.6 is 0 Å². The average molecular weight is 170 g/mol. The summed E-state index contributed by atoms with van der Waals surface area (Å²) in [5.41, 5.74) is 0.786. The third-order valence-corrected chi connectivity index (χ3v) is 2.81. The Balaban J connectivity index is 2.50. The minimum atomic E-state index is -0.284. The minimum absolute atomic E-state index is 0.0100. The summed E-state index contributed by atoms with van der Waals surface area (Å²) in [6, 6.07) is 0. The zero-order valence-corrected chi connectivity index (χ0v) is 7.66. The molecular weight excluding hydrogens is 152 g/mol. The molecule has 1 aliphatic rings. The Hall–Kier alpha value is -0.340. The van der Waals surface area contributed by atoms with E-state index >= 15 is 0 Å². The fourth-order valence-corrected chi connectivity index (χ4v) is 1.94. The number of hydrogen-bond donors (Lipinski definition) is 2. The third-order valence-electron chi connectivity index (χ3n) is 2.81. The van der Waals surface area contributed by atoms with Gasteiger partial charge in [0.05, 0.1) is 12.7 Å². The minimum Gasteiger partial charge on any atom is -0.392 e. The number of aliphatic hydroxyl groups excluding tert-OH is 2. The Kier molecular flexibility index (Phi) is 3.29. The lowest BCUT2D eigenvalue weighted by molar-refractivity contribution is 0.0605. The van der Waals surface area contributed by atoms with Gasteiger partial charge in [0, 0.05) is 5.92 Å². The molecule has 2 N–H and O–H groups in total. The molecule has 0 bridgehead atoms. The first kappa shape index (κ1) is 9.75. The molecule has 0 aliphatic heterocycles. The first-order chi connectivity index (χ1) is 5.65. The van der Waals surface area contributed by atoms with Gasteiger partial charge in [-0.25, -0.2) is 0 Å². The van der Waals surface area contributed by atoms with Crippen molar-refractivity contribution >= 4 is 0 Å². The van der Waals surface area contributed by atoms with Crippen LogP contribution < -0.4 is 0 Å². The molecule has 3 atom stereocenters. The zero-order chi connectivity index (χ0) is 9.14. The second kappa shape index (κ2) is 4.06. The molecule has 0 aromatic carbocycles. The lowest BCUT2D eigenvalue weighted by atomic mass is 9.77. The maximum absolute atomic E-state index is 9.67. The molecule has 0 radical (unpaired) electrons. The molecular formula is C10H18O2. The quantitative estimate of drug-likeness (QED) is 0.614. The molecule has 0 saturated heterocycles. The highest BCUT2D eigenvalue weighted by Crippen LogP contribution is 2.32. The molecule has 0 aromatic rings. The maximum atomic E-state index is 9.67. The molecule has 0 heterocycles. The van der Waals surface area contributed by atoms with Crippen LogP contribution in [0.2, 0.25) is 0 Å². The van der Waals surface area contributed by atoms with Gasteiger partial charge in [-0.3, -0.25) is 0 Å². The van der Waals surface area contributed by atoms with Crippen LogP contribution in [0.5, 0.6) is 0 Å². The highest BCUT2D eigenvalue weighted by atomic mass is 16.3. The summed E-state index contributed by atoms with van der Waals surface area (Å²) in [6.07, 6.45) is 2.68. The summed E-state index contributed by atoms with van der Waals surface area (Å²) in [4.78, 5) is 0. The zero-order valence-electron chi connectivity index (χ0n) is 7.66. The molecule has 0 amide bonds. The van der Waals surface area contributed by atoms with E-state index in [0.717, 1.165) is 24.8 Å². The van der Waals surface area contributed by atoms with Crippen LogP contribution in [0.25, 0.3) is 0 Å². The molecule has 1 saturated carbocycles. The molecule has 1 aliphatic carbocycles. The second-order valence-electron chi connectivity index (χ2n) is 3.91. The van der Waals surface area contributed by atoms with Crippen molar-refractivity contribution in [3.63, 3.8) is 0 Å². The summed E-state index contributed by atoms with van der Waals surface area (Å²) in [5.74, 6) is 0.744. The van der Waals surface area contributed by atoms with Gasteiger partial charge in [0.2, 0.25) is 0 Å². The predicted molar refractivity (Wildman–Crippen MR) is 48.7 cm³/mol. The van der Waals surface area contributed by atoms with Crippen molar-refractivity contribution < 1.29 is 10.2 Å². The average Bonchev–Trinajstić information content (AvgIpc) is 2.03. The van der Waals surface area contributed by atoms with Crippen LogP contribution in [0.3, 0.4) is 0 Å². The SMILES string of the molecule is C=C(CO)[C@@H]1CC[C@@H](C)C[C@@H]1O. The summed E-state index contributed by atoms with van der Waals surface area (Å²) >= 11 is 0. The third kappa shape index (κ3) is 2.08. The van der Waals surface area contributed by atoms with Crippen LogP contribution in [0, 0.1) is 11.8 Å². The molecule has 0 unspecified atom stereocenters. The summed E-state index contributed by atoms with van der Waals surface area (Å²) in [5, 5.41) is 18.5. The van der Waals surface area contributed by atoms with Crippen molar-refractivity contribution in [3.8, 4) is 0 Å². The molecule has 12 heavy (non-hydrogen) atoms. The lowest BCUT2D eigenvalue weighted by Crippen LogP contribution is -2.30. The first-order valence-corrected chi connectivity index (χ1v) is 4.61. The van der Waals surface area contributed by atoms with E-state index in [1.165, 1.54) is 0 Å². The van der Waals surface area contributed by atoms with E-state index in [0.29, 0.717) is 5.92 Å². The van der Waals surface area contributed by atoms with Crippen LogP contribution in [0.4, 0.5) is 0 Å². The van der Waals surface area contributed by atoms with Gasteiger partial charge in [0.25, 0.3) is 0 Å². The Bertz CT molecular complexity index is 165. The molecule has 0 spiro atoms. The fourth-order valence-electron chi connectivity index (χ4n) is 1.94. The highest BCUT2D eigenvalue weighted by molar-refractivity contribution is 5.05. The Morgan fingerprint density at radius 3 is 2.67 bits per heavy atom. The molecule has 2 nitrogen and oxygen atoms in total. The van der Waals surface area contributed by atoms with E-state index in [-0.39, 0.29) is 18.6 Å². The van der Waals surface area contributed by atoms with Gasteiger partial charge in [-0.1, -0.05) is 13.5 Å². The molecule has 0 aromatic heterocycles. The largest absolute Gasteiger partial charge is 0.392 e. The Labute approximate surface area is 73.9 Å². The van der Waals surface area contributed by atoms with Gasteiger partial charge in [0.1, 0.15) is 0 Å². The summed E-state index contributed by atoms with van der Waals surface area (Å²) < 4.78 is 0. The monoisotopic (exact) mass is 170 g/mol. The van der Waals surface area contributed by atoms with Gasteiger partial charge in [-0.2, -0.15) is 0 Å². The van der Waals surface area contributed by atoms with E-state index in [9.17, 15) is 5.11 Å². The molecule has 70 valence electrons. The number of hydrogen-bond acceptors (Lipinski definition) is 2. The van der Waals surface area contributed by atoms with Crippen molar-refractivity contribution in [2.75, 3.05) is 6.61 Å². The van der Waals surface area contributed by atoms with Crippen LogP contribution in [-0.4, -0.2) is 22.9 Å². The van der Waals surface area contributed by atoms with Crippen LogP contribution in [0.1, 0.15) is 26.2 Å². The Morgan fingerprint density at radius 2 is 2.17 bits per heavy atom. The second-order valence-corrected chi connectivity index (χ2v) is 3.91. The van der Waals surface area contributed by atoms with E-state index in [2.05, 4.69) is 13.5 Å². The van der Waals surface area contributed by atoms with E-state index in [1.54, 1.807) is 0 Å². The van der Waals surface area contributed by atoms with Crippen molar-refractivity contribution in [2.45, 2.75) is 32.3 Å². The van der Waals surface area contributed by atoms with Crippen molar-refractivity contribution in [1.29, 1.82) is 0 Å². The van der Waals surface area contributed by atoms with Crippen molar-refractivity contribution in [1.82, 2.24) is 0 Å². The van der Waals surface area contributed by atoms with E-state index in [4.69, 9.17) is 5.11 Å². The lowest BCUT2D eigenvalue weighted by Gasteiger charge is -2.32. The van der Waals surface area contributed by atoms with Gasteiger partial charge in [-0.05, 0) is 30.8 Å². The number of aliphatic hydroxyl groups is 2. The van der Waals surface area contributed by atoms with E-state index < -0.39 is 0 Å². The maximum Gasteiger partial charge on any atom is 0.0642 e. The topological polar surface area (TPSA) is 40.5 Å².